The van der Waals surface area contributed by atoms with E-state index >= 15 is 0 Å². The van der Waals surface area contributed by atoms with Gasteiger partial charge in [-0.2, -0.15) is 5.10 Å². The van der Waals surface area contributed by atoms with Crippen LogP contribution in [-0.2, 0) is 0 Å². The molecule has 0 atom stereocenters. The number of thiophene rings is 1. The van der Waals surface area contributed by atoms with Gasteiger partial charge in [0.15, 0.2) is 6.29 Å². The largest absolute Gasteiger partial charge is 0.298 e. The summed E-state index contributed by atoms with van der Waals surface area (Å²) in [5.41, 5.74) is 2.10. The van der Waals surface area contributed by atoms with Gasteiger partial charge in [0.1, 0.15) is 5.69 Å². The molecule has 3 rings (SSSR count). The highest BCUT2D eigenvalue weighted by Gasteiger charge is 2.12. The predicted octanol–water partition coefficient (Wildman–Crippen LogP) is 4.07. The van der Waals surface area contributed by atoms with Crippen molar-refractivity contribution in [3.05, 3.63) is 58.6 Å². The number of rotatable bonds is 3. The molecule has 0 aliphatic carbocycles. The van der Waals surface area contributed by atoms with E-state index in [2.05, 4.69) is 5.10 Å². The van der Waals surface area contributed by atoms with Crippen LogP contribution in [-0.4, -0.2) is 16.1 Å². The highest BCUT2D eigenvalue weighted by molar-refractivity contribution is 7.13. The molecule has 0 N–H and O–H groups in total. The highest BCUT2D eigenvalue weighted by Crippen LogP contribution is 2.27. The van der Waals surface area contributed by atoms with E-state index in [1.807, 2.05) is 29.6 Å². The minimum atomic E-state index is 0.572. The minimum absolute atomic E-state index is 0.572. The van der Waals surface area contributed by atoms with Crippen molar-refractivity contribution in [1.29, 1.82) is 0 Å². The second-order valence-corrected chi connectivity index (χ2v) is 5.34. The average Bonchev–Trinajstić information content (AvgIpc) is 3.07. The highest BCUT2D eigenvalue weighted by atomic mass is 35.5. The lowest BCUT2D eigenvalue weighted by atomic mass is 10.2. The predicted molar refractivity (Wildman–Crippen MR) is 77.3 cm³/mol. The van der Waals surface area contributed by atoms with E-state index in [9.17, 15) is 4.79 Å². The molecule has 0 bridgehead atoms. The fourth-order valence-corrected chi connectivity index (χ4v) is 2.74. The van der Waals surface area contributed by atoms with Crippen molar-refractivity contribution in [1.82, 2.24) is 9.78 Å². The maximum atomic E-state index is 11.2. The van der Waals surface area contributed by atoms with E-state index in [-0.39, 0.29) is 0 Å². The standard InChI is InChI=1S/C14H9ClN2OS/c15-11-3-1-4-12(7-11)17-8-10(9-18)14(16-17)13-5-2-6-19-13/h1-9H. The van der Waals surface area contributed by atoms with Crippen LogP contribution in [0.2, 0.25) is 5.02 Å². The number of hydrogen-bond donors (Lipinski definition) is 0. The van der Waals surface area contributed by atoms with Crippen LogP contribution >= 0.6 is 22.9 Å². The first-order valence-electron chi connectivity index (χ1n) is 5.62. The zero-order valence-electron chi connectivity index (χ0n) is 9.79. The second-order valence-electron chi connectivity index (χ2n) is 3.95. The normalized spacial score (nSPS) is 10.6. The lowest BCUT2D eigenvalue weighted by Gasteiger charge is -2.00. The maximum absolute atomic E-state index is 11.2. The quantitative estimate of drug-likeness (QED) is 0.681. The van der Waals surface area contributed by atoms with E-state index in [4.69, 9.17) is 11.6 Å². The molecule has 0 spiro atoms. The Morgan fingerprint density at radius 2 is 2.16 bits per heavy atom. The lowest BCUT2D eigenvalue weighted by Crippen LogP contribution is -1.94. The maximum Gasteiger partial charge on any atom is 0.153 e. The van der Waals surface area contributed by atoms with Gasteiger partial charge in [-0.15, -0.1) is 11.3 Å². The topological polar surface area (TPSA) is 34.9 Å². The number of hydrogen-bond acceptors (Lipinski definition) is 3. The summed E-state index contributed by atoms with van der Waals surface area (Å²) < 4.78 is 1.67. The Morgan fingerprint density at radius 1 is 1.26 bits per heavy atom. The number of aldehydes is 1. The molecule has 5 heteroatoms. The molecule has 2 aromatic heterocycles. The lowest BCUT2D eigenvalue weighted by molar-refractivity contribution is 0.112. The number of aromatic nitrogens is 2. The molecule has 3 nitrogen and oxygen atoms in total. The van der Waals surface area contributed by atoms with Crippen molar-refractivity contribution in [3.63, 3.8) is 0 Å². The zero-order chi connectivity index (χ0) is 13.2. The van der Waals surface area contributed by atoms with Crippen LogP contribution in [0.4, 0.5) is 0 Å². The smallest absolute Gasteiger partial charge is 0.153 e. The molecule has 94 valence electrons. The molecule has 19 heavy (non-hydrogen) atoms. The van der Waals surface area contributed by atoms with Gasteiger partial charge in [-0.1, -0.05) is 23.7 Å². The summed E-state index contributed by atoms with van der Waals surface area (Å²) in [5, 5.41) is 7.07. The van der Waals surface area contributed by atoms with E-state index in [0.717, 1.165) is 16.9 Å². The van der Waals surface area contributed by atoms with Crippen LogP contribution in [0.15, 0.2) is 48.0 Å². The van der Waals surface area contributed by atoms with E-state index < -0.39 is 0 Å². The fraction of sp³-hybridized carbons (Fsp3) is 0. The number of benzene rings is 1. The molecule has 1 aromatic carbocycles. The van der Waals surface area contributed by atoms with Crippen LogP contribution in [0.5, 0.6) is 0 Å². The van der Waals surface area contributed by atoms with Crippen molar-refractivity contribution < 1.29 is 4.79 Å². The molecule has 0 amide bonds. The summed E-state index contributed by atoms with van der Waals surface area (Å²) in [5.74, 6) is 0. The first kappa shape index (κ1) is 12.1. The van der Waals surface area contributed by atoms with Crippen molar-refractivity contribution in [3.8, 4) is 16.3 Å². The molecule has 0 radical (unpaired) electrons. The van der Waals surface area contributed by atoms with Crippen LogP contribution in [0, 0.1) is 0 Å². The SMILES string of the molecule is O=Cc1cn(-c2cccc(Cl)c2)nc1-c1cccs1. The Labute approximate surface area is 119 Å². The second kappa shape index (κ2) is 4.99. The Hall–Kier alpha value is -1.91. The summed E-state index contributed by atoms with van der Waals surface area (Å²) in [6.45, 7) is 0. The fourth-order valence-electron chi connectivity index (χ4n) is 1.83. The first-order valence-corrected chi connectivity index (χ1v) is 6.88. The Balaban J connectivity index is 2.12. The van der Waals surface area contributed by atoms with Crippen molar-refractivity contribution in [2.45, 2.75) is 0 Å². The van der Waals surface area contributed by atoms with Gasteiger partial charge in [0.25, 0.3) is 0 Å². The number of carbonyl (C=O) groups excluding carboxylic acids is 1. The molecule has 0 saturated heterocycles. The van der Waals surface area contributed by atoms with E-state index in [1.165, 1.54) is 0 Å². The molecular formula is C14H9ClN2OS. The Morgan fingerprint density at radius 3 is 2.84 bits per heavy atom. The molecule has 0 fully saturated rings. The van der Waals surface area contributed by atoms with E-state index in [1.54, 1.807) is 34.3 Å². The Kier molecular flexibility index (Phi) is 3.19. The number of carbonyl (C=O) groups is 1. The van der Waals surface area contributed by atoms with Gasteiger partial charge in [0.05, 0.1) is 16.1 Å². The van der Waals surface area contributed by atoms with Crippen LogP contribution < -0.4 is 0 Å². The van der Waals surface area contributed by atoms with Gasteiger partial charge in [0, 0.05) is 11.2 Å². The third-order valence-corrected chi connectivity index (χ3v) is 3.81. The van der Waals surface area contributed by atoms with Gasteiger partial charge < -0.3 is 0 Å². The van der Waals surface area contributed by atoms with Gasteiger partial charge in [-0.25, -0.2) is 4.68 Å². The van der Waals surface area contributed by atoms with Crippen LogP contribution in [0.1, 0.15) is 10.4 Å². The first-order chi connectivity index (χ1) is 9.28. The summed E-state index contributed by atoms with van der Waals surface area (Å²) in [4.78, 5) is 12.1. The zero-order valence-corrected chi connectivity index (χ0v) is 11.4. The van der Waals surface area contributed by atoms with Gasteiger partial charge in [-0.3, -0.25) is 4.79 Å². The molecule has 3 aromatic rings. The molecule has 0 saturated carbocycles. The van der Waals surface area contributed by atoms with E-state index in [0.29, 0.717) is 16.3 Å². The van der Waals surface area contributed by atoms with Crippen LogP contribution in [0.25, 0.3) is 16.3 Å². The third kappa shape index (κ3) is 2.32. The summed E-state index contributed by atoms with van der Waals surface area (Å²) in [6.07, 6.45) is 2.54. The molecular weight excluding hydrogens is 280 g/mol. The van der Waals surface area contributed by atoms with Gasteiger partial charge in [0.2, 0.25) is 0 Å². The van der Waals surface area contributed by atoms with Crippen molar-refractivity contribution >= 4 is 29.2 Å². The summed E-state index contributed by atoms with van der Waals surface area (Å²) >= 11 is 7.52. The molecule has 2 heterocycles. The molecule has 0 aliphatic rings. The third-order valence-electron chi connectivity index (χ3n) is 2.70. The van der Waals surface area contributed by atoms with Crippen molar-refractivity contribution in [2.24, 2.45) is 0 Å². The van der Waals surface area contributed by atoms with Gasteiger partial charge in [-0.05, 0) is 29.6 Å². The van der Waals surface area contributed by atoms with Gasteiger partial charge >= 0.3 is 0 Å². The number of nitrogens with zero attached hydrogens (tertiary/aromatic N) is 2. The Bertz CT molecular complexity index is 719. The molecule has 0 aliphatic heterocycles. The monoisotopic (exact) mass is 288 g/mol. The average molecular weight is 289 g/mol. The van der Waals surface area contributed by atoms with Crippen LogP contribution in [0.3, 0.4) is 0 Å². The summed E-state index contributed by atoms with van der Waals surface area (Å²) in [7, 11) is 0. The minimum Gasteiger partial charge on any atom is -0.298 e. The van der Waals surface area contributed by atoms with Crippen molar-refractivity contribution in [2.75, 3.05) is 0 Å². The number of halogens is 1. The summed E-state index contributed by atoms with van der Waals surface area (Å²) in [6, 6.07) is 11.2. The molecule has 0 unspecified atom stereocenters.